The van der Waals surface area contributed by atoms with Gasteiger partial charge in [-0.1, -0.05) is 42.5 Å². The monoisotopic (exact) mass is 478 g/mol. The molecule has 0 atom stereocenters. The minimum absolute atomic E-state index is 0.0220. The molecule has 1 fully saturated rings. The van der Waals surface area contributed by atoms with Crippen LogP contribution in [0.25, 0.3) is 0 Å². The second-order valence-electron chi connectivity index (χ2n) is 8.65. The third kappa shape index (κ3) is 5.52. The third-order valence-corrected chi connectivity index (χ3v) is 7.64. The van der Waals surface area contributed by atoms with E-state index < -0.39 is 10.0 Å². The molecule has 0 amide bonds. The molecular formula is C26H30N4O3S. The van der Waals surface area contributed by atoms with Crippen molar-refractivity contribution < 1.29 is 13.2 Å². The molecule has 4 rings (SSSR count). The first-order valence-electron chi connectivity index (χ1n) is 11.5. The highest BCUT2D eigenvalue weighted by Gasteiger charge is 2.29. The molecule has 0 N–H and O–H groups in total. The SMILES string of the molecule is CC(C)N=c1ccccn1C(=O)c1cccc(S(=O)(=O)N2CCN(Cc3ccccc3)CC2)c1. The molecule has 3 aromatic rings. The maximum Gasteiger partial charge on any atom is 0.263 e. The van der Waals surface area contributed by atoms with E-state index in [1.54, 1.807) is 36.5 Å². The van der Waals surface area contributed by atoms with Gasteiger partial charge in [-0.25, -0.2) is 8.42 Å². The Kier molecular flexibility index (Phi) is 7.41. The summed E-state index contributed by atoms with van der Waals surface area (Å²) >= 11 is 0. The summed E-state index contributed by atoms with van der Waals surface area (Å²) in [6.45, 7) is 6.83. The summed E-state index contributed by atoms with van der Waals surface area (Å²) in [6, 6.07) is 21.8. The van der Waals surface area contributed by atoms with E-state index in [0.29, 0.717) is 37.2 Å². The van der Waals surface area contributed by atoms with Gasteiger partial charge in [0.15, 0.2) is 0 Å². The lowest BCUT2D eigenvalue weighted by Gasteiger charge is -2.34. The Hall–Kier alpha value is -3.07. The minimum atomic E-state index is -3.70. The molecule has 1 aliphatic heterocycles. The molecule has 0 spiro atoms. The van der Waals surface area contributed by atoms with Gasteiger partial charge in [0.25, 0.3) is 5.91 Å². The average molecular weight is 479 g/mol. The molecule has 7 nitrogen and oxygen atoms in total. The predicted octanol–water partition coefficient (Wildman–Crippen LogP) is 2.99. The molecule has 1 aliphatic rings. The van der Waals surface area contributed by atoms with E-state index >= 15 is 0 Å². The van der Waals surface area contributed by atoms with Gasteiger partial charge >= 0.3 is 0 Å². The van der Waals surface area contributed by atoms with Crippen molar-refractivity contribution in [1.29, 1.82) is 0 Å². The van der Waals surface area contributed by atoms with Crippen molar-refractivity contribution >= 4 is 15.9 Å². The largest absolute Gasteiger partial charge is 0.296 e. The quantitative estimate of drug-likeness (QED) is 0.546. The van der Waals surface area contributed by atoms with Crippen LogP contribution in [-0.4, -0.2) is 60.3 Å². The maximum absolute atomic E-state index is 13.3. The molecule has 2 heterocycles. The van der Waals surface area contributed by atoms with Gasteiger partial charge < -0.3 is 0 Å². The Morgan fingerprint density at radius 2 is 1.62 bits per heavy atom. The summed E-state index contributed by atoms with van der Waals surface area (Å²) < 4.78 is 29.7. The summed E-state index contributed by atoms with van der Waals surface area (Å²) in [6.07, 6.45) is 1.65. The molecule has 2 aromatic carbocycles. The van der Waals surface area contributed by atoms with Gasteiger partial charge in [0, 0.05) is 50.5 Å². The summed E-state index contributed by atoms with van der Waals surface area (Å²) in [5.41, 5.74) is 2.05. The molecule has 1 saturated heterocycles. The highest BCUT2D eigenvalue weighted by atomic mass is 32.2. The standard InChI is InChI=1S/C26H30N4O3S/c1-21(2)27-25-13-6-7-14-30(25)26(31)23-11-8-12-24(19-23)34(32,33)29-17-15-28(16-18-29)20-22-9-4-3-5-10-22/h3-14,19,21H,15-18,20H2,1-2H3. The van der Waals surface area contributed by atoms with Crippen LogP contribution >= 0.6 is 0 Å². The van der Waals surface area contributed by atoms with Crippen LogP contribution in [0.4, 0.5) is 0 Å². The van der Waals surface area contributed by atoms with Gasteiger partial charge in [0.2, 0.25) is 10.0 Å². The molecule has 1 aromatic heterocycles. The number of piperazine rings is 1. The first-order chi connectivity index (χ1) is 16.3. The summed E-state index contributed by atoms with van der Waals surface area (Å²) in [4.78, 5) is 20.1. The lowest BCUT2D eigenvalue weighted by molar-refractivity contribution is 0.0954. The summed E-state index contributed by atoms with van der Waals surface area (Å²) in [7, 11) is -3.70. The molecule has 0 bridgehead atoms. The van der Waals surface area contributed by atoms with Crippen LogP contribution in [0, 0.1) is 0 Å². The number of hydrogen-bond acceptors (Lipinski definition) is 5. The fourth-order valence-corrected chi connectivity index (χ4v) is 5.49. The lowest BCUT2D eigenvalue weighted by Crippen LogP contribution is -2.48. The second kappa shape index (κ2) is 10.5. The summed E-state index contributed by atoms with van der Waals surface area (Å²) in [5.74, 6) is -0.315. The molecule has 0 aliphatic carbocycles. The Bertz CT molecular complexity index is 1310. The van der Waals surface area contributed by atoms with E-state index in [0.717, 1.165) is 6.54 Å². The van der Waals surface area contributed by atoms with Crippen LogP contribution < -0.4 is 5.49 Å². The summed E-state index contributed by atoms with van der Waals surface area (Å²) in [5, 5.41) is 0. The molecule has 0 saturated carbocycles. The van der Waals surface area contributed by atoms with Crippen molar-refractivity contribution in [2.75, 3.05) is 26.2 Å². The topological polar surface area (TPSA) is 75.0 Å². The van der Waals surface area contributed by atoms with Gasteiger partial charge in [0.1, 0.15) is 5.49 Å². The normalized spacial score (nSPS) is 16.1. The molecule has 178 valence electrons. The molecule has 34 heavy (non-hydrogen) atoms. The van der Waals surface area contributed by atoms with Crippen LogP contribution in [0.3, 0.4) is 0 Å². The van der Waals surface area contributed by atoms with Crippen LogP contribution in [0.15, 0.2) is 88.9 Å². The van der Waals surface area contributed by atoms with Crippen LogP contribution in [0.1, 0.15) is 29.8 Å². The van der Waals surface area contributed by atoms with Crippen molar-refractivity contribution in [1.82, 2.24) is 13.8 Å². The maximum atomic E-state index is 13.3. The number of aromatic nitrogens is 1. The number of hydrogen-bond donors (Lipinski definition) is 0. The van der Waals surface area contributed by atoms with E-state index in [2.05, 4.69) is 22.0 Å². The van der Waals surface area contributed by atoms with Crippen LogP contribution in [-0.2, 0) is 16.6 Å². The van der Waals surface area contributed by atoms with Crippen LogP contribution in [0.5, 0.6) is 0 Å². The molecular weight excluding hydrogens is 448 g/mol. The fraction of sp³-hybridized carbons (Fsp3) is 0.308. The zero-order chi connectivity index (χ0) is 24.1. The number of rotatable bonds is 6. The Labute approximate surface area is 201 Å². The van der Waals surface area contributed by atoms with E-state index in [1.165, 1.54) is 20.5 Å². The Balaban J connectivity index is 1.51. The lowest BCUT2D eigenvalue weighted by atomic mass is 10.2. The van der Waals surface area contributed by atoms with Gasteiger partial charge in [-0.05, 0) is 49.7 Å². The first kappa shape index (κ1) is 24.1. The highest BCUT2D eigenvalue weighted by molar-refractivity contribution is 7.89. The Morgan fingerprint density at radius 3 is 2.32 bits per heavy atom. The number of carbonyl (C=O) groups excluding carboxylic acids is 1. The molecule has 0 unspecified atom stereocenters. The van der Waals surface area contributed by atoms with Gasteiger partial charge in [0.05, 0.1) is 4.90 Å². The second-order valence-corrected chi connectivity index (χ2v) is 10.6. The fourth-order valence-electron chi connectivity index (χ4n) is 4.02. The number of nitrogens with zero attached hydrogens (tertiary/aromatic N) is 4. The number of carbonyl (C=O) groups is 1. The number of benzene rings is 2. The minimum Gasteiger partial charge on any atom is -0.296 e. The first-order valence-corrected chi connectivity index (χ1v) is 12.9. The highest BCUT2D eigenvalue weighted by Crippen LogP contribution is 2.20. The zero-order valence-electron chi connectivity index (χ0n) is 19.5. The number of sulfonamides is 1. The zero-order valence-corrected chi connectivity index (χ0v) is 20.4. The van der Waals surface area contributed by atoms with Gasteiger partial charge in [-0.3, -0.25) is 19.3 Å². The van der Waals surface area contributed by atoms with Crippen molar-refractivity contribution in [3.05, 3.63) is 95.6 Å². The van der Waals surface area contributed by atoms with E-state index in [1.807, 2.05) is 38.1 Å². The van der Waals surface area contributed by atoms with E-state index in [4.69, 9.17) is 0 Å². The van der Waals surface area contributed by atoms with Crippen LogP contribution in [0.2, 0.25) is 0 Å². The van der Waals surface area contributed by atoms with E-state index in [-0.39, 0.29) is 16.8 Å². The van der Waals surface area contributed by atoms with E-state index in [9.17, 15) is 13.2 Å². The molecule has 0 radical (unpaired) electrons. The van der Waals surface area contributed by atoms with Crippen molar-refractivity contribution in [3.63, 3.8) is 0 Å². The average Bonchev–Trinajstić information content (AvgIpc) is 2.85. The van der Waals surface area contributed by atoms with Gasteiger partial charge in [-0.15, -0.1) is 0 Å². The van der Waals surface area contributed by atoms with Crippen molar-refractivity contribution in [2.24, 2.45) is 4.99 Å². The number of pyridine rings is 1. The van der Waals surface area contributed by atoms with Gasteiger partial charge in [-0.2, -0.15) is 4.31 Å². The van der Waals surface area contributed by atoms with Crippen molar-refractivity contribution in [2.45, 2.75) is 31.3 Å². The van der Waals surface area contributed by atoms with Crippen molar-refractivity contribution in [3.8, 4) is 0 Å². The smallest absolute Gasteiger partial charge is 0.263 e. The third-order valence-electron chi connectivity index (χ3n) is 5.75. The predicted molar refractivity (Wildman–Crippen MR) is 132 cm³/mol. The Morgan fingerprint density at radius 1 is 0.912 bits per heavy atom. The molecule has 8 heteroatoms.